The Kier molecular flexibility index (Phi) is 13.7. The standard InChI is InChI=1S/C32H21NO.C30H22N2.C24H15NO2/c1-2-8-21(9-3-1)24-18-19-30(27-13-7-6-12-26(24)27)33-23-15-17-28-29-16-14-22-10-4-5-11-25(22)32(29)34-31(28)20-23;1-3-9-22(10-4-1)23-15-17-24(18-16-23)31-25-19-20-28-27-13-7-8-14-29(27)32(30(28)21-25)26-11-5-2-6-12-26;1-3-7-21-17(5-1)19-11-9-16(14-24(19)27-21)25-15-10-12-23-20(13-15)18-6-2-4-8-22(18)26-23/h1-20,33H;1-21,31H;1-14,25H. The van der Waals surface area contributed by atoms with Gasteiger partial charge in [-0.3, -0.25) is 0 Å². The van der Waals surface area contributed by atoms with Crippen molar-refractivity contribution in [2.45, 2.75) is 0 Å². The molecule has 0 aliphatic carbocycles. The Bertz CT molecular complexity index is 5970. The monoisotopic (exact) mass is 1190 g/mol. The largest absolute Gasteiger partial charge is 0.456 e. The SMILES string of the molecule is c1ccc(-c2ccc(Nc3ccc4c(c3)oc3c5ccccc5ccc43)c3ccccc23)cc1.c1ccc(-c2ccc(Nc3ccc4c5ccccc5n(-c5ccccc5)c4c3)cc2)cc1.c1ccc2c(c1)oc1cc(Nc3ccc4oc5ccccc5c4c3)ccc12. The molecule has 3 N–H and O–H groups in total. The first-order valence-corrected chi connectivity index (χ1v) is 31.4. The van der Waals surface area contributed by atoms with Crippen LogP contribution >= 0.6 is 0 Å². The predicted molar refractivity (Wildman–Crippen MR) is 391 cm³/mol. The smallest absolute Gasteiger partial charge is 0.143 e. The molecule has 0 unspecified atom stereocenters. The summed E-state index contributed by atoms with van der Waals surface area (Å²) >= 11 is 0. The van der Waals surface area contributed by atoms with Crippen molar-refractivity contribution in [3.05, 3.63) is 334 Å². The van der Waals surface area contributed by atoms with Crippen LogP contribution in [0.25, 0.3) is 137 Å². The van der Waals surface area contributed by atoms with Gasteiger partial charge in [0.25, 0.3) is 0 Å². The van der Waals surface area contributed by atoms with Crippen molar-refractivity contribution in [2.24, 2.45) is 0 Å². The van der Waals surface area contributed by atoms with Gasteiger partial charge in [-0.25, -0.2) is 0 Å². The molecule has 0 spiro atoms. The number of hydrogen-bond donors (Lipinski definition) is 3. The molecule has 0 saturated carbocycles. The van der Waals surface area contributed by atoms with E-state index in [9.17, 15) is 0 Å². The Morgan fingerprint density at radius 1 is 0.226 bits per heavy atom. The fourth-order valence-electron chi connectivity index (χ4n) is 13.2. The molecule has 4 aromatic heterocycles. The van der Waals surface area contributed by atoms with Crippen LogP contribution in [0.4, 0.5) is 34.1 Å². The summed E-state index contributed by atoms with van der Waals surface area (Å²) < 4.78 is 20.6. The van der Waals surface area contributed by atoms with E-state index in [0.717, 1.165) is 105 Å². The number of rotatable bonds is 9. The Morgan fingerprint density at radius 2 is 0.688 bits per heavy atom. The zero-order valence-electron chi connectivity index (χ0n) is 50.4. The highest BCUT2D eigenvalue weighted by atomic mass is 16.3. The normalized spacial score (nSPS) is 11.4. The summed E-state index contributed by atoms with van der Waals surface area (Å²) in [6.45, 7) is 0. The van der Waals surface area contributed by atoms with Gasteiger partial charge in [-0.15, -0.1) is 0 Å². The maximum absolute atomic E-state index is 6.37. The molecule has 0 radical (unpaired) electrons. The van der Waals surface area contributed by atoms with E-state index in [1.807, 2.05) is 60.7 Å². The van der Waals surface area contributed by atoms with Gasteiger partial charge in [0.05, 0.1) is 11.0 Å². The van der Waals surface area contributed by atoms with Crippen molar-refractivity contribution in [1.29, 1.82) is 0 Å². The summed E-state index contributed by atoms with van der Waals surface area (Å²) in [4.78, 5) is 0. The number of nitrogens with zero attached hydrogens (tertiary/aromatic N) is 1. The highest BCUT2D eigenvalue weighted by molar-refractivity contribution is 6.16. The molecule has 4 heterocycles. The third-order valence-corrected chi connectivity index (χ3v) is 17.7. The quantitative estimate of drug-likeness (QED) is 0.134. The molecule has 7 heteroatoms. The van der Waals surface area contributed by atoms with Crippen LogP contribution in [0.3, 0.4) is 0 Å². The molecule has 0 aliphatic heterocycles. The highest BCUT2D eigenvalue weighted by Gasteiger charge is 2.16. The lowest BCUT2D eigenvalue weighted by Crippen LogP contribution is -1.94. The summed E-state index contributed by atoms with van der Waals surface area (Å²) in [5.74, 6) is 0. The van der Waals surface area contributed by atoms with Gasteiger partial charge in [-0.2, -0.15) is 0 Å². The van der Waals surface area contributed by atoms with E-state index in [4.69, 9.17) is 13.3 Å². The number of para-hydroxylation sites is 4. The van der Waals surface area contributed by atoms with Gasteiger partial charge in [0, 0.05) is 106 Å². The third-order valence-electron chi connectivity index (χ3n) is 17.7. The molecule has 0 bridgehead atoms. The van der Waals surface area contributed by atoms with Crippen LogP contribution in [0.5, 0.6) is 0 Å². The van der Waals surface area contributed by atoms with Crippen LogP contribution in [0, 0.1) is 0 Å². The topological polar surface area (TPSA) is 80.4 Å². The lowest BCUT2D eigenvalue weighted by molar-refractivity contribution is 0.668. The molecular formula is C86H58N4O3. The van der Waals surface area contributed by atoms with Crippen LogP contribution in [0.15, 0.2) is 347 Å². The molecule has 0 atom stereocenters. The lowest BCUT2D eigenvalue weighted by Gasteiger charge is -2.13. The molecule has 0 fully saturated rings. The number of nitrogens with one attached hydrogen (secondary N) is 3. The molecule has 15 aromatic carbocycles. The van der Waals surface area contributed by atoms with Gasteiger partial charge in [0.2, 0.25) is 0 Å². The molecule has 19 rings (SSSR count). The number of hydrogen-bond acceptors (Lipinski definition) is 6. The number of anilines is 6. The summed E-state index contributed by atoms with van der Waals surface area (Å²) in [6, 6.07) is 116. The van der Waals surface area contributed by atoms with Crippen molar-refractivity contribution in [3.63, 3.8) is 0 Å². The zero-order valence-corrected chi connectivity index (χ0v) is 50.4. The Balaban J connectivity index is 0.000000107. The number of furan rings is 3. The third kappa shape index (κ3) is 10.4. The second kappa shape index (κ2) is 23.4. The second-order valence-corrected chi connectivity index (χ2v) is 23.4. The lowest BCUT2D eigenvalue weighted by atomic mass is 9.97. The number of aromatic nitrogens is 1. The molecule has 93 heavy (non-hydrogen) atoms. The summed E-state index contributed by atoms with van der Waals surface area (Å²) in [7, 11) is 0. The van der Waals surface area contributed by atoms with Gasteiger partial charge >= 0.3 is 0 Å². The molecular weight excluding hydrogens is 1140 g/mol. The summed E-state index contributed by atoms with van der Waals surface area (Å²) in [6.07, 6.45) is 0. The van der Waals surface area contributed by atoms with Crippen molar-refractivity contribution in [3.8, 4) is 27.9 Å². The summed E-state index contributed by atoms with van der Waals surface area (Å²) in [5, 5.41) is 24.8. The van der Waals surface area contributed by atoms with E-state index in [0.29, 0.717) is 0 Å². The zero-order chi connectivity index (χ0) is 61.6. The Morgan fingerprint density at radius 3 is 1.43 bits per heavy atom. The van der Waals surface area contributed by atoms with Crippen LogP contribution in [0.2, 0.25) is 0 Å². The maximum Gasteiger partial charge on any atom is 0.143 e. The van der Waals surface area contributed by atoms with E-state index >= 15 is 0 Å². The van der Waals surface area contributed by atoms with Crippen LogP contribution < -0.4 is 16.0 Å². The van der Waals surface area contributed by atoms with Gasteiger partial charge in [-0.1, -0.05) is 212 Å². The van der Waals surface area contributed by atoms with Gasteiger partial charge < -0.3 is 33.8 Å². The van der Waals surface area contributed by atoms with Crippen LogP contribution in [0.1, 0.15) is 0 Å². The summed E-state index contributed by atoms with van der Waals surface area (Å²) in [5.41, 5.74) is 20.2. The van der Waals surface area contributed by atoms with Crippen molar-refractivity contribution < 1.29 is 13.3 Å². The van der Waals surface area contributed by atoms with Crippen LogP contribution in [-0.4, -0.2) is 4.57 Å². The van der Waals surface area contributed by atoms with Gasteiger partial charge in [0.15, 0.2) is 0 Å². The van der Waals surface area contributed by atoms with Gasteiger partial charge in [-0.05, 0) is 142 Å². The average molecular weight is 1200 g/mol. The second-order valence-electron chi connectivity index (χ2n) is 23.4. The number of fused-ring (bicyclic) bond motifs is 15. The highest BCUT2D eigenvalue weighted by Crippen LogP contribution is 2.40. The van der Waals surface area contributed by atoms with Crippen LogP contribution in [-0.2, 0) is 0 Å². The molecule has 7 nitrogen and oxygen atoms in total. The molecule has 0 aliphatic rings. The van der Waals surface area contributed by atoms with Crippen molar-refractivity contribution in [1.82, 2.24) is 4.57 Å². The minimum absolute atomic E-state index is 0.885. The van der Waals surface area contributed by atoms with Gasteiger partial charge in [0.1, 0.15) is 33.5 Å². The van der Waals surface area contributed by atoms with E-state index in [1.54, 1.807) is 0 Å². The van der Waals surface area contributed by atoms with Crippen molar-refractivity contribution in [2.75, 3.05) is 16.0 Å². The predicted octanol–water partition coefficient (Wildman–Crippen LogP) is 24.7. The first-order chi connectivity index (χ1) is 46.1. The fraction of sp³-hybridized carbons (Fsp3) is 0. The molecule has 0 amide bonds. The first-order valence-electron chi connectivity index (χ1n) is 31.4. The maximum atomic E-state index is 6.37. The molecule has 440 valence electrons. The number of benzene rings is 15. The average Bonchev–Trinajstić information content (AvgIpc) is 1.68. The van der Waals surface area contributed by atoms with E-state index in [2.05, 4.69) is 294 Å². The van der Waals surface area contributed by atoms with E-state index in [-0.39, 0.29) is 0 Å². The van der Waals surface area contributed by atoms with E-state index in [1.165, 1.54) is 65.9 Å². The molecule has 0 saturated heterocycles. The first kappa shape index (κ1) is 54.6. The van der Waals surface area contributed by atoms with Crippen molar-refractivity contribution >= 4 is 143 Å². The Hall–Kier alpha value is -12.6. The Labute approximate surface area is 535 Å². The fourth-order valence-corrected chi connectivity index (χ4v) is 13.2. The minimum Gasteiger partial charge on any atom is -0.456 e. The van der Waals surface area contributed by atoms with E-state index < -0.39 is 0 Å². The minimum atomic E-state index is 0.885. The molecule has 19 aromatic rings.